The second kappa shape index (κ2) is 8.09. The summed E-state index contributed by atoms with van der Waals surface area (Å²) in [5.74, 6) is 0.0328. The van der Waals surface area contributed by atoms with Crippen molar-refractivity contribution in [2.24, 2.45) is 5.10 Å². The second-order valence-corrected chi connectivity index (χ2v) is 5.54. The topological polar surface area (TPSA) is 74.8 Å². The highest BCUT2D eigenvalue weighted by Crippen LogP contribution is 2.29. The van der Waals surface area contributed by atoms with Crippen LogP contribution in [0.25, 0.3) is 6.08 Å². The minimum atomic E-state index is -1.84. The van der Waals surface area contributed by atoms with Gasteiger partial charge in [-0.2, -0.15) is 5.10 Å². The maximum atomic E-state index is 12.7. The first-order valence-electron chi connectivity index (χ1n) is 8.08. The molecule has 2 N–H and O–H groups in total. The van der Waals surface area contributed by atoms with Crippen LogP contribution in [-0.2, 0) is 10.4 Å². The van der Waals surface area contributed by atoms with Crippen LogP contribution >= 0.6 is 0 Å². The highest BCUT2D eigenvalue weighted by Gasteiger charge is 2.39. The van der Waals surface area contributed by atoms with Crippen molar-refractivity contribution in [3.63, 3.8) is 0 Å². The summed E-state index contributed by atoms with van der Waals surface area (Å²) in [6.07, 6.45) is 6.31. The predicted octanol–water partition coefficient (Wildman–Crippen LogP) is 3.33. The van der Waals surface area contributed by atoms with Crippen molar-refractivity contribution < 1.29 is 14.3 Å². The lowest BCUT2D eigenvalue weighted by molar-refractivity contribution is -0.136. The Bertz CT molecular complexity index is 846. The summed E-state index contributed by atoms with van der Waals surface area (Å²) >= 11 is 0. The van der Waals surface area contributed by atoms with Gasteiger partial charge in [0, 0.05) is 6.21 Å². The second-order valence-electron chi connectivity index (χ2n) is 5.54. The van der Waals surface area contributed by atoms with E-state index in [2.05, 4.69) is 10.5 Å². The largest absolute Gasteiger partial charge is 0.465 e. The van der Waals surface area contributed by atoms with Gasteiger partial charge in [-0.3, -0.25) is 4.79 Å². The molecule has 0 aliphatic heterocycles. The fourth-order valence-corrected chi connectivity index (χ4v) is 2.53. The third-order valence-corrected chi connectivity index (χ3v) is 3.84. The van der Waals surface area contributed by atoms with Gasteiger partial charge in [0.1, 0.15) is 5.76 Å². The molecule has 1 amide bonds. The summed E-state index contributed by atoms with van der Waals surface area (Å²) < 4.78 is 5.16. The van der Waals surface area contributed by atoms with Crippen LogP contribution < -0.4 is 5.43 Å². The van der Waals surface area contributed by atoms with E-state index in [0.717, 1.165) is 0 Å². The molecule has 130 valence electrons. The third-order valence-electron chi connectivity index (χ3n) is 3.84. The third kappa shape index (κ3) is 3.79. The molecule has 0 saturated carbocycles. The Morgan fingerprint density at radius 1 is 0.962 bits per heavy atom. The number of rotatable bonds is 6. The van der Waals surface area contributed by atoms with Crippen LogP contribution in [0.1, 0.15) is 16.9 Å². The molecule has 0 unspecified atom stereocenters. The number of allylic oxidation sites excluding steroid dienone is 1. The van der Waals surface area contributed by atoms with Gasteiger partial charge in [-0.1, -0.05) is 60.7 Å². The van der Waals surface area contributed by atoms with Crippen molar-refractivity contribution in [3.05, 3.63) is 102 Å². The maximum absolute atomic E-state index is 12.7. The highest BCUT2D eigenvalue weighted by atomic mass is 16.3. The lowest BCUT2D eigenvalue weighted by Crippen LogP contribution is -2.43. The fourth-order valence-electron chi connectivity index (χ4n) is 2.53. The molecule has 0 aliphatic rings. The summed E-state index contributed by atoms with van der Waals surface area (Å²) in [6, 6.07) is 21.1. The van der Waals surface area contributed by atoms with Gasteiger partial charge in [0.25, 0.3) is 5.91 Å². The normalized spacial score (nSPS) is 11.9. The van der Waals surface area contributed by atoms with E-state index in [0.29, 0.717) is 16.9 Å². The number of carbonyl (C=O) groups is 1. The lowest BCUT2D eigenvalue weighted by Gasteiger charge is -2.26. The standard InChI is InChI=1S/C21H18N2O3/c24-20(23-22-15-7-13-19-14-8-16-26-19)21(25,17-9-3-1-4-10-17)18-11-5-2-6-12-18/h1-16,25H,(H,23,24)/b13-7+,22-15+. The van der Waals surface area contributed by atoms with Crippen LogP contribution in [0.3, 0.4) is 0 Å². The molecule has 0 atom stereocenters. The summed E-state index contributed by atoms with van der Waals surface area (Å²) in [4.78, 5) is 12.7. The molecule has 0 saturated heterocycles. The Morgan fingerprint density at radius 2 is 1.58 bits per heavy atom. The minimum absolute atomic E-state index is 0.463. The summed E-state index contributed by atoms with van der Waals surface area (Å²) in [5, 5.41) is 15.1. The van der Waals surface area contributed by atoms with Gasteiger partial charge < -0.3 is 9.52 Å². The highest BCUT2D eigenvalue weighted by molar-refractivity contribution is 5.90. The van der Waals surface area contributed by atoms with Crippen LogP contribution in [0.5, 0.6) is 0 Å². The monoisotopic (exact) mass is 346 g/mol. The summed E-state index contributed by atoms with van der Waals surface area (Å²) in [5.41, 5.74) is 1.48. The number of nitrogens with one attached hydrogen (secondary N) is 1. The van der Waals surface area contributed by atoms with Crippen molar-refractivity contribution in [3.8, 4) is 0 Å². The summed E-state index contributed by atoms with van der Waals surface area (Å²) in [7, 11) is 0. The zero-order valence-electron chi connectivity index (χ0n) is 13.9. The van der Waals surface area contributed by atoms with E-state index in [1.165, 1.54) is 6.21 Å². The van der Waals surface area contributed by atoms with E-state index in [9.17, 15) is 9.90 Å². The van der Waals surface area contributed by atoms with E-state index in [1.54, 1.807) is 79.1 Å². The average molecular weight is 346 g/mol. The SMILES string of the molecule is O=C(N/N=C/C=C/c1ccco1)C(O)(c1ccccc1)c1ccccc1. The number of carbonyl (C=O) groups excluding carboxylic acids is 1. The van der Waals surface area contributed by atoms with Gasteiger partial charge in [-0.15, -0.1) is 0 Å². The Hall–Kier alpha value is -3.44. The van der Waals surface area contributed by atoms with E-state index >= 15 is 0 Å². The molecule has 1 heterocycles. The summed E-state index contributed by atoms with van der Waals surface area (Å²) in [6.45, 7) is 0. The molecular weight excluding hydrogens is 328 g/mol. The average Bonchev–Trinajstić information content (AvgIpc) is 3.22. The zero-order valence-corrected chi connectivity index (χ0v) is 13.9. The quantitative estimate of drug-likeness (QED) is 0.531. The van der Waals surface area contributed by atoms with Crippen molar-refractivity contribution in [1.29, 1.82) is 0 Å². The van der Waals surface area contributed by atoms with Crippen molar-refractivity contribution in [2.75, 3.05) is 0 Å². The van der Waals surface area contributed by atoms with Crippen molar-refractivity contribution >= 4 is 18.2 Å². The zero-order chi connectivity index (χ0) is 18.2. The van der Waals surface area contributed by atoms with Gasteiger partial charge in [0.05, 0.1) is 6.26 Å². The number of aliphatic hydroxyl groups is 1. The number of benzene rings is 2. The number of amides is 1. The lowest BCUT2D eigenvalue weighted by atomic mass is 9.85. The molecule has 0 fully saturated rings. The fraction of sp³-hybridized carbons (Fsp3) is 0.0476. The molecule has 2 aromatic carbocycles. The Kier molecular flexibility index (Phi) is 5.41. The van der Waals surface area contributed by atoms with Gasteiger partial charge in [0.2, 0.25) is 0 Å². The first kappa shape index (κ1) is 17.4. The number of hydrogen-bond acceptors (Lipinski definition) is 4. The number of nitrogens with zero attached hydrogens (tertiary/aromatic N) is 1. The Morgan fingerprint density at radius 3 is 2.12 bits per heavy atom. The molecule has 3 rings (SSSR count). The number of hydrogen-bond donors (Lipinski definition) is 2. The maximum Gasteiger partial charge on any atom is 0.281 e. The van der Waals surface area contributed by atoms with Gasteiger partial charge >= 0.3 is 0 Å². The van der Waals surface area contributed by atoms with Gasteiger partial charge in [-0.25, -0.2) is 5.43 Å². The van der Waals surface area contributed by atoms with E-state index < -0.39 is 11.5 Å². The molecule has 3 aromatic rings. The van der Waals surface area contributed by atoms with E-state index in [1.807, 2.05) is 12.1 Å². The molecule has 26 heavy (non-hydrogen) atoms. The molecule has 0 aliphatic carbocycles. The van der Waals surface area contributed by atoms with Crippen LogP contribution in [0.2, 0.25) is 0 Å². The van der Waals surface area contributed by atoms with Crippen molar-refractivity contribution in [2.45, 2.75) is 5.60 Å². The molecule has 0 radical (unpaired) electrons. The van der Waals surface area contributed by atoms with Gasteiger partial charge in [0.15, 0.2) is 5.60 Å². The number of hydrazone groups is 1. The van der Waals surface area contributed by atoms with E-state index in [-0.39, 0.29) is 0 Å². The Balaban J connectivity index is 1.80. The van der Waals surface area contributed by atoms with E-state index in [4.69, 9.17) is 4.42 Å². The van der Waals surface area contributed by atoms with Crippen LogP contribution in [0.15, 0.2) is 94.7 Å². The number of furan rings is 1. The van der Waals surface area contributed by atoms with Crippen LogP contribution in [0, 0.1) is 0 Å². The smallest absolute Gasteiger partial charge is 0.281 e. The van der Waals surface area contributed by atoms with Crippen LogP contribution in [0.4, 0.5) is 0 Å². The molecule has 0 spiro atoms. The van der Waals surface area contributed by atoms with Crippen molar-refractivity contribution in [1.82, 2.24) is 5.43 Å². The Labute approximate surface area is 151 Å². The molecule has 5 heteroatoms. The first-order valence-corrected chi connectivity index (χ1v) is 8.08. The molecular formula is C21H18N2O3. The van der Waals surface area contributed by atoms with Crippen LogP contribution in [-0.4, -0.2) is 17.2 Å². The minimum Gasteiger partial charge on any atom is -0.465 e. The molecule has 0 bridgehead atoms. The first-order chi connectivity index (χ1) is 12.7. The molecule has 1 aromatic heterocycles. The predicted molar refractivity (Wildman–Crippen MR) is 100 cm³/mol. The molecule has 5 nitrogen and oxygen atoms in total. The van der Waals surface area contributed by atoms with Gasteiger partial charge in [-0.05, 0) is 35.4 Å².